The van der Waals surface area contributed by atoms with E-state index in [-0.39, 0.29) is 5.91 Å². The number of anilines is 1. The number of hydrogen-bond donors (Lipinski definition) is 2. The molecule has 1 aromatic carbocycles. The second-order valence-electron chi connectivity index (χ2n) is 7.12. The van der Waals surface area contributed by atoms with Crippen LogP contribution >= 0.6 is 11.8 Å². The highest BCUT2D eigenvalue weighted by atomic mass is 32.2. The maximum Gasteiger partial charge on any atom is 0.231 e. The Labute approximate surface area is 168 Å². The molecule has 0 aliphatic heterocycles. The van der Waals surface area contributed by atoms with Gasteiger partial charge in [0.2, 0.25) is 11.1 Å². The van der Waals surface area contributed by atoms with Crippen molar-refractivity contribution in [2.45, 2.75) is 43.8 Å². The summed E-state index contributed by atoms with van der Waals surface area (Å²) in [6, 6.07) is 8.20. The van der Waals surface area contributed by atoms with E-state index in [2.05, 4.69) is 67.1 Å². The summed E-state index contributed by atoms with van der Waals surface area (Å²) in [5.74, 6) is 1.48. The molecule has 0 radical (unpaired) electrons. The Morgan fingerprint density at radius 2 is 2.18 bits per heavy atom. The summed E-state index contributed by atoms with van der Waals surface area (Å²) in [4.78, 5) is 12.3. The predicted molar refractivity (Wildman–Crippen MR) is 111 cm³/mol. The first-order chi connectivity index (χ1) is 13.8. The summed E-state index contributed by atoms with van der Waals surface area (Å²) >= 11 is 1.53. The van der Waals surface area contributed by atoms with Crippen molar-refractivity contribution >= 4 is 34.3 Å². The number of rotatable bonds is 8. The van der Waals surface area contributed by atoms with E-state index in [9.17, 15) is 4.79 Å². The minimum Gasteiger partial charge on any atom is -0.344 e. The van der Waals surface area contributed by atoms with Gasteiger partial charge < -0.3 is 9.88 Å². The quantitative estimate of drug-likeness (QED) is 0.443. The molecule has 1 fully saturated rings. The summed E-state index contributed by atoms with van der Waals surface area (Å²) in [5.41, 5.74) is 1.99. The first-order valence-corrected chi connectivity index (χ1v) is 10.7. The number of nitrogens with one attached hydrogen (secondary N) is 2. The lowest BCUT2D eigenvalue weighted by atomic mass is 10.0. The van der Waals surface area contributed by atoms with Crippen molar-refractivity contribution in [1.29, 1.82) is 0 Å². The van der Waals surface area contributed by atoms with Gasteiger partial charge in [-0.2, -0.15) is 5.21 Å². The van der Waals surface area contributed by atoms with Gasteiger partial charge in [0.15, 0.2) is 0 Å². The van der Waals surface area contributed by atoms with Gasteiger partial charge >= 0.3 is 0 Å². The molecule has 1 saturated carbocycles. The largest absolute Gasteiger partial charge is 0.344 e. The number of benzene rings is 1. The molecule has 1 aliphatic rings. The molecule has 0 saturated heterocycles. The molecule has 1 amide bonds. The fourth-order valence-corrected chi connectivity index (χ4v) is 4.29. The molecule has 0 unspecified atom stereocenters. The maximum absolute atomic E-state index is 12.3. The molecule has 4 rings (SSSR count). The third kappa shape index (κ3) is 4.81. The van der Waals surface area contributed by atoms with Gasteiger partial charge in [-0.3, -0.25) is 4.79 Å². The number of tetrazole rings is 1. The van der Waals surface area contributed by atoms with Gasteiger partial charge in [0.25, 0.3) is 0 Å². The van der Waals surface area contributed by atoms with Crippen molar-refractivity contribution in [2.24, 2.45) is 5.92 Å². The van der Waals surface area contributed by atoms with Crippen molar-refractivity contribution < 1.29 is 4.79 Å². The molecule has 28 heavy (non-hydrogen) atoms. The topological polar surface area (TPSA) is 88.5 Å². The number of hydrogen-bond acceptors (Lipinski definition) is 5. The molecular weight excluding hydrogens is 372 g/mol. The Hall–Kier alpha value is -2.61. The number of carbonyl (C=O) groups is 1. The second kappa shape index (κ2) is 9.05. The van der Waals surface area contributed by atoms with Crippen LogP contribution in [-0.4, -0.2) is 36.9 Å². The highest BCUT2D eigenvalue weighted by Gasteiger charge is 2.18. The number of H-pyrrole nitrogens is 1. The Kier molecular flexibility index (Phi) is 6.06. The molecule has 2 N–H and O–H groups in total. The normalized spacial score (nSPS) is 15.0. The van der Waals surface area contributed by atoms with E-state index in [0.717, 1.165) is 23.5 Å². The lowest BCUT2D eigenvalue weighted by Gasteiger charge is -2.10. The minimum atomic E-state index is 0.128. The number of aromatic nitrogens is 5. The fraction of sp³-hybridized carbons (Fsp3) is 0.400. The van der Waals surface area contributed by atoms with Crippen LogP contribution in [0, 0.1) is 5.92 Å². The molecule has 7 nitrogen and oxygen atoms in total. The Balaban J connectivity index is 1.34. The summed E-state index contributed by atoms with van der Waals surface area (Å²) < 4.78 is 2.18. The van der Waals surface area contributed by atoms with Gasteiger partial charge in [0.1, 0.15) is 0 Å². The Morgan fingerprint density at radius 3 is 3.00 bits per heavy atom. The van der Waals surface area contributed by atoms with E-state index < -0.39 is 0 Å². The van der Waals surface area contributed by atoms with E-state index >= 15 is 0 Å². The SMILES string of the molecule is O=C(CC1CCCC1)Nc1ccc2ccn(CC=CCSc3nn[nH]n3)c2c1. The Morgan fingerprint density at radius 1 is 1.29 bits per heavy atom. The highest BCUT2D eigenvalue weighted by molar-refractivity contribution is 7.99. The average molecular weight is 397 g/mol. The summed E-state index contributed by atoms with van der Waals surface area (Å²) in [6.07, 6.45) is 11.8. The van der Waals surface area contributed by atoms with Gasteiger partial charge in [0, 0.05) is 30.6 Å². The molecule has 2 aromatic heterocycles. The van der Waals surface area contributed by atoms with Crippen LogP contribution in [0.1, 0.15) is 32.1 Å². The van der Waals surface area contributed by atoms with Crippen LogP contribution in [0.2, 0.25) is 0 Å². The lowest BCUT2D eigenvalue weighted by molar-refractivity contribution is -0.117. The molecule has 2 heterocycles. The van der Waals surface area contributed by atoms with Crippen molar-refractivity contribution in [1.82, 2.24) is 25.2 Å². The van der Waals surface area contributed by atoms with Crippen molar-refractivity contribution in [2.75, 3.05) is 11.1 Å². The summed E-state index contributed by atoms with van der Waals surface area (Å²) in [6.45, 7) is 0.774. The number of nitrogens with zero attached hydrogens (tertiary/aromatic N) is 4. The highest BCUT2D eigenvalue weighted by Crippen LogP contribution is 2.28. The average Bonchev–Trinajstić information content (AvgIpc) is 3.44. The van der Waals surface area contributed by atoms with Gasteiger partial charge in [-0.1, -0.05) is 42.8 Å². The Bertz CT molecular complexity index is 943. The number of aromatic amines is 1. The minimum absolute atomic E-state index is 0.128. The lowest BCUT2D eigenvalue weighted by Crippen LogP contribution is -2.15. The van der Waals surface area contributed by atoms with Crippen LogP contribution in [0.4, 0.5) is 5.69 Å². The van der Waals surface area contributed by atoms with Crippen LogP contribution in [0.3, 0.4) is 0 Å². The maximum atomic E-state index is 12.3. The molecule has 0 bridgehead atoms. The van der Waals surface area contributed by atoms with Crippen LogP contribution in [0.25, 0.3) is 10.9 Å². The van der Waals surface area contributed by atoms with E-state index in [4.69, 9.17) is 0 Å². The van der Waals surface area contributed by atoms with E-state index in [1.165, 1.54) is 42.8 Å². The van der Waals surface area contributed by atoms with Crippen LogP contribution < -0.4 is 5.32 Å². The van der Waals surface area contributed by atoms with Crippen molar-refractivity contribution in [3.63, 3.8) is 0 Å². The third-order valence-electron chi connectivity index (χ3n) is 5.11. The predicted octanol–water partition coefficient (Wildman–Crippen LogP) is 4.02. The summed E-state index contributed by atoms with van der Waals surface area (Å²) in [5, 5.41) is 18.7. The first-order valence-electron chi connectivity index (χ1n) is 9.68. The zero-order chi connectivity index (χ0) is 19.2. The van der Waals surface area contributed by atoms with Gasteiger partial charge in [-0.05, 0) is 47.6 Å². The molecule has 1 aliphatic carbocycles. The summed E-state index contributed by atoms with van der Waals surface area (Å²) in [7, 11) is 0. The van der Waals surface area contributed by atoms with E-state index in [1.807, 2.05) is 6.07 Å². The number of thioether (sulfide) groups is 1. The number of allylic oxidation sites excluding steroid dienone is 1. The smallest absolute Gasteiger partial charge is 0.231 e. The van der Waals surface area contributed by atoms with Crippen LogP contribution in [0.15, 0.2) is 47.8 Å². The third-order valence-corrected chi connectivity index (χ3v) is 5.90. The van der Waals surface area contributed by atoms with Crippen LogP contribution in [-0.2, 0) is 11.3 Å². The molecule has 0 spiro atoms. The van der Waals surface area contributed by atoms with Crippen molar-refractivity contribution in [3.05, 3.63) is 42.6 Å². The standard InChI is InChI=1S/C20H24N6OS/c27-19(13-15-5-1-2-6-15)21-17-8-7-16-9-11-26(18(16)14-17)10-3-4-12-28-20-22-24-25-23-20/h3-4,7-9,11,14-15H,1-2,5-6,10,12-13H2,(H,21,27)(H,22,23,24,25). The zero-order valence-corrected chi connectivity index (χ0v) is 16.5. The van der Waals surface area contributed by atoms with Gasteiger partial charge in [0.05, 0.1) is 5.52 Å². The second-order valence-corrected chi connectivity index (χ2v) is 8.11. The zero-order valence-electron chi connectivity index (χ0n) is 15.7. The van der Waals surface area contributed by atoms with Gasteiger partial charge in [-0.25, -0.2) is 0 Å². The van der Waals surface area contributed by atoms with E-state index in [0.29, 0.717) is 17.5 Å². The van der Waals surface area contributed by atoms with Crippen molar-refractivity contribution in [3.8, 4) is 0 Å². The van der Waals surface area contributed by atoms with Gasteiger partial charge in [-0.15, -0.1) is 10.2 Å². The molecule has 3 aromatic rings. The number of amides is 1. The number of carbonyl (C=O) groups excluding carboxylic acids is 1. The number of fused-ring (bicyclic) bond motifs is 1. The molecule has 146 valence electrons. The van der Waals surface area contributed by atoms with Crippen LogP contribution in [0.5, 0.6) is 0 Å². The monoisotopic (exact) mass is 396 g/mol. The molecule has 8 heteroatoms. The molecular formula is C20H24N6OS. The molecule has 0 atom stereocenters. The van der Waals surface area contributed by atoms with E-state index in [1.54, 1.807) is 0 Å². The fourth-order valence-electron chi connectivity index (χ4n) is 3.70. The first kappa shape index (κ1) is 18.7.